The van der Waals surface area contributed by atoms with Crippen molar-refractivity contribution in [3.8, 4) is 0 Å². The number of sulfonamides is 1. The molecule has 100 valence electrons. The Labute approximate surface area is 111 Å². The summed E-state index contributed by atoms with van der Waals surface area (Å²) in [5.41, 5.74) is 6.51. The monoisotopic (exact) mass is 287 g/mol. The van der Waals surface area contributed by atoms with Gasteiger partial charge in [-0.2, -0.15) is 11.8 Å². The van der Waals surface area contributed by atoms with Gasteiger partial charge in [-0.1, -0.05) is 0 Å². The van der Waals surface area contributed by atoms with Crippen LogP contribution in [0.3, 0.4) is 0 Å². The third-order valence-corrected chi connectivity index (χ3v) is 5.10. The second-order valence-electron chi connectivity index (χ2n) is 4.41. The molecule has 1 atom stereocenters. The first-order chi connectivity index (χ1) is 8.47. The zero-order chi connectivity index (χ0) is 13.2. The molecule has 1 unspecified atom stereocenters. The van der Waals surface area contributed by atoms with E-state index in [0.717, 1.165) is 18.7 Å². The molecule has 1 aromatic rings. The lowest BCUT2D eigenvalue weighted by Gasteiger charge is -2.14. The molecular weight excluding hydrogens is 270 g/mol. The summed E-state index contributed by atoms with van der Waals surface area (Å²) in [5, 5.41) is 8.34. The van der Waals surface area contributed by atoms with Gasteiger partial charge in [-0.05, 0) is 42.0 Å². The van der Waals surface area contributed by atoms with Crippen molar-refractivity contribution in [3.63, 3.8) is 0 Å². The van der Waals surface area contributed by atoms with Crippen LogP contribution in [0.1, 0.15) is 6.42 Å². The number of nitrogens with two attached hydrogens (primary N) is 2. The number of benzene rings is 1. The third-order valence-electron chi connectivity index (χ3n) is 2.92. The van der Waals surface area contributed by atoms with Gasteiger partial charge in [0.15, 0.2) is 0 Å². The Hall–Kier alpha value is -0.920. The first-order valence-electron chi connectivity index (χ1n) is 5.71. The van der Waals surface area contributed by atoms with E-state index < -0.39 is 10.0 Å². The first-order valence-corrected chi connectivity index (χ1v) is 8.41. The first kappa shape index (κ1) is 13.5. The molecule has 7 heteroatoms. The second kappa shape index (κ2) is 5.38. The topological polar surface area (TPSA) is 98.2 Å². The van der Waals surface area contributed by atoms with Gasteiger partial charge >= 0.3 is 0 Å². The molecule has 1 fully saturated rings. The van der Waals surface area contributed by atoms with Crippen LogP contribution in [0.2, 0.25) is 0 Å². The fourth-order valence-electron chi connectivity index (χ4n) is 1.92. The van der Waals surface area contributed by atoms with Crippen LogP contribution >= 0.6 is 11.8 Å². The fraction of sp³-hybridized carbons (Fsp3) is 0.455. The number of nitrogen functional groups attached to an aromatic ring is 1. The summed E-state index contributed by atoms with van der Waals surface area (Å²) in [6.45, 7) is 0.763. The van der Waals surface area contributed by atoms with Crippen LogP contribution in [0.5, 0.6) is 0 Å². The van der Waals surface area contributed by atoms with Crippen LogP contribution in [-0.4, -0.2) is 26.5 Å². The smallest absolute Gasteiger partial charge is 0.240 e. The summed E-state index contributed by atoms with van der Waals surface area (Å²) in [4.78, 5) is 0.0631. The molecule has 0 amide bonds. The molecule has 0 aliphatic carbocycles. The molecule has 0 radical (unpaired) electrons. The van der Waals surface area contributed by atoms with Crippen molar-refractivity contribution in [2.75, 3.05) is 29.1 Å². The maximum absolute atomic E-state index is 11.5. The Kier molecular flexibility index (Phi) is 4.04. The molecule has 1 aromatic carbocycles. The highest BCUT2D eigenvalue weighted by Gasteiger charge is 2.18. The van der Waals surface area contributed by atoms with Gasteiger partial charge in [0.25, 0.3) is 0 Å². The average molecular weight is 287 g/mol. The lowest BCUT2D eigenvalue weighted by molar-refractivity contribution is 0.597. The minimum Gasteiger partial charge on any atom is -0.399 e. The Morgan fingerprint density at radius 3 is 2.83 bits per heavy atom. The van der Waals surface area contributed by atoms with Gasteiger partial charge in [0.1, 0.15) is 4.90 Å². The lowest BCUT2D eigenvalue weighted by atomic mass is 10.1. The summed E-state index contributed by atoms with van der Waals surface area (Å²) in [5.74, 6) is 2.88. The second-order valence-corrected chi connectivity index (χ2v) is 7.09. The summed E-state index contributed by atoms with van der Waals surface area (Å²) >= 11 is 1.93. The number of hydrogen-bond acceptors (Lipinski definition) is 5. The van der Waals surface area contributed by atoms with Crippen molar-refractivity contribution < 1.29 is 8.42 Å². The molecular formula is C11H17N3O2S2. The van der Waals surface area contributed by atoms with Crippen LogP contribution < -0.4 is 16.2 Å². The molecule has 0 aromatic heterocycles. The number of thioether (sulfide) groups is 1. The van der Waals surface area contributed by atoms with Gasteiger partial charge in [0.05, 0.1) is 5.69 Å². The fourth-order valence-corrected chi connectivity index (χ4v) is 3.95. The number of anilines is 2. The Morgan fingerprint density at radius 1 is 1.44 bits per heavy atom. The number of nitrogens with one attached hydrogen (secondary N) is 1. The van der Waals surface area contributed by atoms with Gasteiger partial charge in [0, 0.05) is 12.2 Å². The van der Waals surface area contributed by atoms with Crippen molar-refractivity contribution in [3.05, 3.63) is 18.2 Å². The van der Waals surface area contributed by atoms with E-state index in [1.807, 2.05) is 11.8 Å². The van der Waals surface area contributed by atoms with Crippen LogP contribution in [0.4, 0.5) is 11.4 Å². The largest absolute Gasteiger partial charge is 0.399 e. The highest BCUT2D eigenvalue weighted by atomic mass is 32.2. The van der Waals surface area contributed by atoms with Gasteiger partial charge in [-0.25, -0.2) is 13.6 Å². The molecule has 18 heavy (non-hydrogen) atoms. The van der Waals surface area contributed by atoms with E-state index in [0.29, 0.717) is 17.3 Å². The Morgan fingerprint density at radius 2 is 2.22 bits per heavy atom. The molecule has 5 nitrogen and oxygen atoms in total. The molecule has 1 saturated heterocycles. The summed E-state index contributed by atoms with van der Waals surface area (Å²) < 4.78 is 23.0. The quantitative estimate of drug-likeness (QED) is 0.720. The van der Waals surface area contributed by atoms with Crippen LogP contribution in [0.25, 0.3) is 0 Å². The zero-order valence-electron chi connectivity index (χ0n) is 9.93. The highest BCUT2D eigenvalue weighted by Crippen LogP contribution is 2.26. The number of primary sulfonamides is 1. The van der Waals surface area contributed by atoms with E-state index in [4.69, 9.17) is 10.9 Å². The third kappa shape index (κ3) is 3.30. The molecule has 0 saturated carbocycles. The Balaban J connectivity index is 2.16. The van der Waals surface area contributed by atoms with Gasteiger partial charge in [-0.15, -0.1) is 0 Å². The van der Waals surface area contributed by atoms with Crippen molar-refractivity contribution in [2.24, 2.45) is 11.1 Å². The SMILES string of the molecule is Nc1ccc(NCC2CCSC2)c(S(N)(=O)=O)c1. The normalized spacial score (nSPS) is 19.9. The van der Waals surface area contributed by atoms with E-state index in [9.17, 15) is 8.42 Å². The van der Waals surface area contributed by atoms with Crippen molar-refractivity contribution in [1.29, 1.82) is 0 Å². The average Bonchev–Trinajstić information content (AvgIpc) is 2.79. The minimum absolute atomic E-state index is 0.0631. The molecule has 2 rings (SSSR count). The molecule has 1 aliphatic rings. The molecule has 1 aliphatic heterocycles. The zero-order valence-corrected chi connectivity index (χ0v) is 11.6. The van der Waals surface area contributed by atoms with E-state index in [2.05, 4.69) is 5.32 Å². The maximum atomic E-state index is 11.5. The maximum Gasteiger partial charge on any atom is 0.240 e. The van der Waals surface area contributed by atoms with Crippen molar-refractivity contribution in [1.82, 2.24) is 0 Å². The van der Waals surface area contributed by atoms with E-state index in [1.54, 1.807) is 12.1 Å². The van der Waals surface area contributed by atoms with Crippen molar-refractivity contribution in [2.45, 2.75) is 11.3 Å². The summed E-state index contributed by atoms with van der Waals surface area (Å²) in [7, 11) is -3.75. The van der Waals surface area contributed by atoms with E-state index >= 15 is 0 Å². The van der Waals surface area contributed by atoms with Crippen LogP contribution in [0, 0.1) is 5.92 Å². The van der Waals surface area contributed by atoms with E-state index in [1.165, 1.54) is 11.8 Å². The van der Waals surface area contributed by atoms with Gasteiger partial charge < -0.3 is 11.1 Å². The van der Waals surface area contributed by atoms with Crippen LogP contribution in [-0.2, 0) is 10.0 Å². The predicted octanol–water partition coefficient (Wildman–Crippen LogP) is 1.08. The predicted molar refractivity (Wildman–Crippen MR) is 76.1 cm³/mol. The molecule has 0 spiro atoms. The standard InChI is InChI=1S/C11H17N3O2S2/c12-9-1-2-10(11(5-9)18(13,15)16)14-6-8-3-4-17-7-8/h1-2,5,8,14H,3-4,6-7,12H2,(H2,13,15,16). The minimum atomic E-state index is -3.75. The molecule has 1 heterocycles. The number of hydrogen-bond donors (Lipinski definition) is 3. The summed E-state index contributed by atoms with van der Waals surface area (Å²) in [6.07, 6.45) is 1.16. The lowest BCUT2D eigenvalue weighted by Crippen LogP contribution is -2.18. The van der Waals surface area contributed by atoms with E-state index in [-0.39, 0.29) is 4.90 Å². The summed E-state index contributed by atoms with van der Waals surface area (Å²) in [6, 6.07) is 4.72. The van der Waals surface area contributed by atoms with Crippen LogP contribution in [0.15, 0.2) is 23.1 Å². The van der Waals surface area contributed by atoms with Crippen molar-refractivity contribution >= 4 is 33.2 Å². The molecule has 0 bridgehead atoms. The van der Waals surface area contributed by atoms with Gasteiger partial charge in [-0.3, -0.25) is 0 Å². The Bertz CT molecular complexity index is 525. The van der Waals surface area contributed by atoms with Gasteiger partial charge in [0.2, 0.25) is 10.0 Å². The highest BCUT2D eigenvalue weighted by molar-refractivity contribution is 7.99. The molecule has 5 N–H and O–H groups in total. The number of rotatable bonds is 4.